The maximum atomic E-state index is 12.5. The number of amides is 1. The highest BCUT2D eigenvalue weighted by molar-refractivity contribution is 5.95. The Bertz CT molecular complexity index is 719. The number of nitrogens with one attached hydrogen (secondary N) is 1. The van der Waals surface area contributed by atoms with E-state index in [9.17, 15) is 4.79 Å². The molecular weight excluding hydrogens is 282 g/mol. The van der Waals surface area contributed by atoms with Crippen LogP contribution < -0.4 is 5.32 Å². The van der Waals surface area contributed by atoms with Crippen molar-refractivity contribution in [3.8, 4) is 0 Å². The second-order valence-electron chi connectivity index (χ2n) is 6.29. The summed E-state index contributed by atoms with van der Waals surface area (Å²) in [6.07, 6.45) is 2.71. The molecule has 2 heteroatoms. The number of rotatable bonds is 6. The van der Waals surface area contributed by atoms with Crippen molar-refractivity contribution in [1.29, 1.82) is 0 Å². The molecule has 0 spiro atoms. The van der Waals surface area contributed by atoms with Gasteiger partial charge in [0.25, 0.3) is 0 Å². The highest BCUT2D eigenvalue weighted by Gasteiger charge is 2.15. The van der Waals surface area contributed by atoms with Gasteiger partial charge in [0.1, 0.15) is 0 Å². The quantitative estimate of drug-likeness (QED) is 0.774. The van der Waals surface area contributed by atoms with Crippen molar-refractivity contribution in [2.24, 2.45) is 5.92 Å². The number of benzene rings is 2. The molecule has 0 saturated heterocycles. The van der Waals surface area contributed by atoms with Gasteiger partial charge in [0.15, 0.2) is 0 Å². The third-order valence-corrected chi connectivity index (χ3v) is 3.82. The van der Waals surface area contributed by atoms with E-state index in [1.165, 1.54) is 0 Å². The van der Waals surface area contributed by atoms with Gasteiger partial charge in [-0.05, 0) is 48.1 Å². The number of carbonyl (C=O) groups is 1. The van der Waals surface area contributed by atoms with Gasteiger partial charge < -0.3 is 5.32 Å². The summed E-state index contributed by atoms with van der Waals surface area (Å²) in [5, 5.41) is 2.91. The molecule has 0 aliphatic carbocycles. The Hall–Kier alpha value is -2.35. The van der Waals surface area contributed by atoms with Crippen LogP contribution in [0.5, 0.6) is 0 Å². The summed E-state index contributed by atoms with van der Waals surface area (Å²) < 4.78 is 8.22. The largest absolute Gasteiger partial charge is 0.326 e. The predicted molar refractivity (Wildman–Crippen MR) is 98.6 cm³/mol. The van der Waals surface area contributed by atoms with E-state index in [0.717, 1.165) is 28.8 Å². The van der Waals surface area contributed by atoms with Crippen molar-refractivity contribution in [3.05, 3.63) is 71.8 Å². The predicted octanol–water partition coefficient (Wildman–Crippen LogP) is 5.27. The minimum Gasteiger partial charge on any atom is -0.326 e. The van der Waals surface area contributed by atoms with Crippen molar-refractivity contribution >= 4 is 17.7 Å². The Morgan fingerprint density at radius 3 is 2.43 bits per heavy atom. The summed E-state index contributed by atoms with van der Waals surface area (Å²) in [5.74, 6) is 0.0747. The molecule has 0 bridgehead atoms. The molecule has 2 rings (SSSR count). The first kappa shape index (κ1) is 15.5. The summed E-state index contributed by atoms with van der Waals surface area (Å²) in [6.45, 7) is 9.87. The van der Waals surface area contributed by atoms with Gasteiger partial charge in [-0.2, -0.15) is 0 Å². The van der Waals surface area contributed by atoms with Crippen LogP contribution in [0.3, 0.4) is 0 Å². The zero-order valence-corrected chi connectivity index (χ0v) is 14.1. The molecule has 1 unspecified atom stereocenters. The first-order valence-corrected chi connectivity index (χ1v) is 8.03. The maximum absolute atomic E-state index is 12.5. The first-order valence-electron chi connectivity index (χ1n) is 8.53. The van der Waals surface area contributed by atoms with E-state index in [1.54, 1.807) is 6.08 Å². The molecule has 1 atom stereocenters. The molecule has 0 aliphatic rings. The lowest BCUT2D eigenvalue weighted by molar-refractivity contribution is -0.117. The lowest BCUT2D eigenvalue weighted by Gasteiger charge is -2.14. The van der Waals surface area contributed by atoms with Gasteiger partial charge in [0.05, 0.1) is 7.29 Å². The average molecular weight is 308 g/mol. The molecule has 0 aliphatic heterocycles. The van der Waals surface area contributed by atoms with Gasteiger partial charge in [-0.1, -0.05) is 62.9 Å². The molecule has 2 aromatic carbocycles. The third-order valence-electron chi connectivity index (χ3n) is 3.82. The van der Waals surface area contributed by atoms with Crippen LogP contribution in [-0.2, 0) is 11.2 Å². The fraction of sp³-hybridized carbons (Fsp3) is 0.286. The molecule has 120 valence electrons. The van der Waals surface area contributed by atoms with Crippen LogP contribution in [0.4, 0.5) is 5.69 Å². The maximum Gasteiger partial charge on any atom is 0.231 e. The van der Waals surface area contributed by atoms with Crippen LogP contribution in [-0.4, -0.2) is 5.91 Å². The van der Waals surface area contributed by atoms with E-state index in [1.807, 2.05) is 49.4 Å². The van der Waals surface area contributed by atoms with Crippen molar-refractivity contribution < 1.29 is 6.17 Å². The number of hydrogen-bond donors (Lipinski definition) is 1. The normalized spacial score (nSPS) is 12.6. The number of hydrogen-bond acceptors (Lipinski definition) is 1. The van der Waals surface area contributed by atoms with Crippen molar-refractivity contribution in [2.75, 3.05) is 5.32 Å². The minimum atomic E-state index is -0.371. The highest BCUT2D eigenvalue weighted by Crippen LogP contribution is 2.20. The molecule has 0 radical (unpaired) electrons. The standard InChI is InChI=1S/C21H25NO/c1-5-17-8-12-20(13-9-17)22-21(23)16(4)19-10-6-18(7-11-19)14-15(2)3/h5-13,15-16H,1,14H2,2-4H3,(H,22,23)/i10D. The summed E-state index contributed by atoms with van der Waals surface area (Å²) >= 11 is 0. The van der Waals surface area contributed by atoms with Crippen molar-refractivity contribution in [2.45, 2.75) is 33.1 Å². The summed E-state index contributed by atoms with van der Waals surface area (Å²) in [6, 6.07) is 13.8. The smallest absolute Gasteiger partial charge is 0.231 e. The van der Waals surface area contributed by atoms with Gasteiger partial charge >= 0.3 is 0 Å². The van der Waals surface area contributed by atoms with Crippen LogP contribution in [0.2, 0.25) is 0 Å². The topological polar surface area (TPSA) is 29.1 Å². The Labute approximate surface area is 140 Å². The second kappa shape index (κ2) is 7.77. The molecule has 0 heterocycles. The van der Waals surface area contributed by atoms with Crippen LogP contribution in [0.15, 0.2) is 55.1 Å². The van der Waals surface area contributed by atoms with Gasteiger partial charge in [0.2, 0.25) is 5.91 Å². The summed E-state index contributed by atoms with van der Waals surface area (Å²) in [4.78, 5) is 12.5. The molecule has 2 aromatic rings. The van der Waals surface area contributed by atoms with E-state index in [4.69, 9.17) is 1.37 Å². The zero-order valence-electron chi connectivity index (χ0n) is 15.1. The van der Waals surface area contributed by atoms with Gasteiger partial charge in [0, 0.05) is 5.69 Å². The Balaban J connectivity index is 2.10. The van der Waals surface area contributed by atoms with Crippen molar-refractivity contribution in [3.63, 3.8) is 0 Å². The minimum absolute atomic E-state index is 0.105. The van der Waals surface area contributed by atoms with E-state index >= 15 is 0 Å². The van der Waals surface area contributed by atoms with E-state index in [-0.39, 0.29) is 11.8 Å². The Kier molecular flexibility index (Phi) is 5.25. The number of carbonyl (C=O) groups excluding carboxylic acids is 1. The molecule has 0 saturated carbocycles. The van der Waals surface area contributed by atoms with Crippen LogP contribution in [0.25, 0.3) is 6.08 Å². The Morgan fingerprint density at radius 1 is 1.17 bits per heavy atom. The molecule has 23 heavy (non-hydrogen) atoms. The molecule has 0 fully saturated rings. The molecule has 0 aromatic heterocycles. The zero-order chi connectivity index (χ0) is 17.7. The SMILES string of the molecule is [2H]c1cc(CC(C)C)ccc1C(C)C(=O)Nc1ccc(C=C)cc1. The van der Waals surface area contributed by atoms with Gasteiger partial charge in [-0.3, -0.25) is 4.79 Å². The summed E-state index contributed by atoms with van der Waals surface area (Å²) in [7, 11) is 0. The monoisotopic (exact) mass is 308 g/mol. The third kappa shape index (κ3) is 4.82. The molecule has 1 N–H and O–H groups in total. The van der Waals surface area contributed by atoms with E-state index in [2.05, 4.69) is 25.7 Å². The molecule has 2 nitrogen and oxygen atoms in total. The van der Waals surface area contributed by atoms with Crippen LogP contribution in [0.1, 0.15) is 44.8 Å². The average Bonchev–Trinajstić information content (AvgIpc) is 2.54. The molecular formula is C21H25NO. The molecule has 1 amide bonds. The fourth-order valence-electron chi connectivity index (χ4n) is 2.43. The number of anilines is 1. The van der Waals surface area contributed by atoms with Gasteiger partial charge in [-0.15, -0.1) is 0 Å². The lowest BCUT2D eigenvalue weighted by Crippen LogP contribution is -2.18. The first-order chi connectivity index (χ1) is 11.4. The van der Waals surface area contributed by atoms with E-state index in [0.29, 0.717) is 12.0 Å². The van der Waals surface area contributed by atoms with Crippen LogP contribution >= 0.6 is 0 Å². The van der Waals surface area contributed by atoms with Crippen molar-refractivity contribution in [1.82, 2.24) is 0 Å². The summed E-state index contributed by atoms with van der Waals surface area (Å²) in [5.41, 5.74) is 3.66. The fourth-order valence-corrected chi connectivity index (χ4v) is 2.43. The van der Waals surface area contributed by atoms with Gasteiger partial charge in [-0.25, -0.2) is 0 Å². The van der Waals surface area contributed by atoms with Crippen LogP contribution in [0, 0.1) is 5.92 Å². The second-order valence-corrected chi connectivity index (χ2v) is 6.29. The highest BCUT2D eigenvalue weighted by atomic mass is 16.1. The lowest BCUT2D eigenvalue weighted by atomic mass is 9.96. The Morgan fingerprint density at radius 2 is 1.87 bits per heavy atom. The van der Waals surface area contributed by atoms with E-state index < -0.39 is 0 Å².